The number of para-hydroxylation sites is 2. The molecule has 0 amide bonds. The average molecular weight is 291 g/mol. The zero-order valence-corrected chi connectivity index (χ0v) is 12.2. The first-order chi connectivity index (χ1) is 9.20. The summed E-state index contributed by atoms with van der Waals surface area (Å²) >= 11 is 11.4. The highest BCUT2D eigenvalue weighted by Crippen LogP contribution is 2.21. The molecule has 0 aliphatic rings. The van der Waals surface area contributed by atoms with E-state index in [2.05, 4.69) is 23.6 Å². The lowest BCUT2D eigenvalue weighted by atomic mass is 10.1. The Balaban J connectivity index is 2.08. The molecule has 2 aromatic carbocycles. The van der Waals surface area contributed by atoms with E-state index >= 15 is 0 Å². The van der Waals surface area contributed by atoms with E-state index in [1.165, 1.54) is 5.56 Å². The van der Waals surface area contributed by atoms with Gasteiger partial charge in [0.05, 0.1) is 10.7 Å². The zero-order chi connectivity index (χ0) is 13.7. The first kappa shape index (κ1) is 13.8. The van der Waals surface area contributed by atoms with Gasteiger partial charge in [-0.15, -0.1) is 0 Å². The Morgan fingerprint density at radius 3 is 2.26 bits per heavy atom. The maximum atomic E-state index is 6.08. The van der Waals surface area contributed by atoms with E-state index in [0.29, 0.717) is 10.1 Å². The van der Waals surface area contributed by atoms with Gasteiger partial charge in [0.15, 0.2) is 5.11 Å². The van der Waals surface area contributed by atoms with Gasteiger partial charge in [-0.25, -0.2) is 0 Å². The van der Waals surface area contributed by atoms with E-state index in [1.54, 1.807) is 0 Å². The number of hydrogen-bond acceptors (Lipinski definition) is 1. The number of nitrogens with one attached hydrogen (secondary N) is 2. The fourth-order valence-electron chi connectivity index (χ4n) is 1.79. The Hall–Kier alpha value is -1.58. The molecule has 0 atom stereocenters. The predicted molar refractivity (Wildman–Crippen MR) is 87.1 cm³/mol. The molecule has 0 spiro atoms. The van der Waals surface area contributed by atoms with Crippen molar-refractivity contribution in [3.63, 3.8) is 0 Å². The number of rotatable bonds is 3. The van der Waals surface area contributed by atoms with Crippen LogP contribution in [-0.4, -0.2) is 5.11 Å². The number of halogens is 1. The van der Waals surface area contributed by atoms with Gasteiger partial charge in [0.25, 0.3) is 0 Å². The minimum atomic E-state index is 0.536. The van der Waals surface area contributed by atoms with E-state index in [0.717, 1.165) is 17.8 Å². The Kier molecular flexibility index (Phi) is 4.77. The third kappa shape index (κ3) is 3.69. The molecule has 0 radical (unpaired) electrons. The third-order valence-electron chi connectivity index (χ3n) is 2.77. The third-order valence-corrected chi connectivity index (χ3v) is 3.30. The summed E-state index contributed by atoms with van der Waals surface area (Å²) in [4.78, 5) is 0. The molecule has 2 rings (SSSR count). The summed E-state index contributed by atoms with van der Waals surface area (Å²) in [6, 6.07) is 15.6. The number of benzene rings is 2. The molecule has 0 heterocycles. The van der Waals surface area contributed by atoms with Crippen molar-refractivity contribution in [2.24, 2.45) is 0 Å². The Morgan fingerprint density at radius 1 is 1.00 bits per heavy atom. The van der Waals surface area contributed by atoms with E-state index in [9.17, 15) is 0 Å². The van der Waals surface area contributed by atoms with Gasteiger partial charge in [-0.05, 0) is 42.4 Å². The summed E-state index contributed by atoms with van der Waals surface area (Å²) < 4.78 is 0. The minimum Gasteiger partial charge on any atom is -0.332 e. The summed E-state index contributed by atoms with van der Waals surface area (Å²) in [6.07, 6.45) is 0.956. The van der Waals surface area contributed by atoms with Crippen LogP contribution < -0.4 is 10.6 Å². The molecule has 0 bridgehead atoms. The van der Waals surface area contributed by atoms with Gasteiger partial charge in [-0.2, -0.15) is 0 Å². The SMILES string of the molecule is CCc1ccccc1NC(=S)Nc1ccccc1Cl. The molecule has 4 heteroatoms. The van der Waals surface area contributed by atoms with Crippen molar-refractivity contribution in [1.82, 2.24) is 0 Å². The monoisotopic (exact) mass is 290 g/mol. The van der Waals surface area contributed by atoms with Gasteiger partial charge in [0.2, 0.25) is 0 Å². The van der Waals surface area contributed by atoms with Crippen LogP contribution in [0.5, 0.6) is 0 Å². The van der Waals surface area contributed by atoms with Gasteiger partial charge >= 0.3 is 0 Å². The van der Waals surface area contributed by atoms with Crippen LogP contribution in [0.15, 0.2) is 48.5 Å². The van der Waals surface area contributed by atoms with Crippen LogP contribution in [0, 0.1) is 0 Å². The first-order valence-corrected chi connectivity index (χ1v) is 6.89. The highest BCUT2D eigenvalue weighted by Gasteiger charge is 2.04. The highest BCUT2D eigenvalue weighted by atomic mass is 35.5. The normalized spacial score (nSPS) is 10.0. The summed E-state index contributed by atoms with van der Waals surface area (Å²) in [5, 5.41) is 7.48. The molecule has 0 aliphatic carbocycles. The van der Waals surface area contributed by atoms with Crippen molar-refractivity contribution in [1.29, 1.82) is 0 Å². The molecule has 2 N–H and O–H groups in total. The molecule has 0 aliphatic heterocycles. The van der Waals surface area contributed by atoms with Crippen LogP contribution in [0.25, 0.3) is 0 Å². The quantitative estimate of drug-likeness (QED) is 0.801. The Morgan fingerprint density at radius 2 is 1.58 bits per heavy atom. The molecule has 98 valence electrons. The number of hydrogen-bond donors (Lipinski definition) is 2. The van der Waals surface area contributed by atoms with Crippen molar-refractivity contribution in [2.75, 3.05) is 10.6 Å². The molecule has 0 fully saturated rings. The Labute approximate surface area is 123 Å². The minimum absolute atomic E-state index is 0.536. The topological polar surface area (TPSA) is 24.1 Å². The van der Waals surface area contributed by atoms with E-state index < -0.39 is 0 Å². The summed E-state index contributed by atoms with van der Waals surface area (Å²) in [5.41, 5.74) is 3.05. The van der Waals surface area contributed by atoms with Crippen LogP contribution in [0.1, 0.15) is 12.5 Å². The van der Waals surface area contributed by atoms with Gasteiger partial charge in [-0.1, -0.05) is 48.9 Å². The molecule has 0 unspecified atom stereocenters. The number of thiocarbonyl (C=S) groups is 1. The second-order valence-electron chi connectivity index (χ2n) is 4.07. The predicted octanol–water partition coefficient (Wildman–Crippen LogP) is 4.71. The fourth-order valence-corrected chi connectivity index (χ4v) is 2.19. The van der Waals surface area contributed by atoms with Gasteiger partial charge in [0, 0.05) is 5.69 Å². The molecule has 19 heavy (non-hydrogen) atoms. The molecule has 2 nitrogen and oxygen atoms in total. The van der Waals surface area contributed by atoms with Crippen molar-refractivity contribution >= 4 is 40.3 Å². The van der Waals surface area contributed by atoms with Crippen molar-refractivity contribution in [2.45, 2.75) is 13.3 Å². The molecular formula is C15H15ClN2S. The zero-order valence-electron chi connectivity index (χ0n) is 10.6. The van der Waals surface area contributed by atoms with E-state index in [4.69, 9.17) is 23.8 Å². The maximum Gasteiger partial charge on any atom is 0.175 e. The van der Waals surface area contributed by atoms with Crippen LogP contribution in [-0.2, 0) is 6.42 Å². The van der Waals surface area contributed by atoms with Crippen LogP contribution >= 0.6 is 23.8 Å². The van der Waals surface area contributed by atoms with Crippen LogP contribution in [0.4, 0.5) is 11.4 Å². The summed E-state index contributed by atoms with van der Waals surface area (Å²) in [7, 11) is 0. The van der Waals surface area contributed by atoms with Gasteiger partial charge < -0.3 is 10.6 Å². The number of aryl methyl sites for hydroxylation is 1. The fraction of sp³-hybridized carbons (Fsp3) is 0.133. The second kappa shape index (κ2) is 6.55. The van der Waals surface area contributed by atoms with Gasteiger partial charge in [0.1, 0.15) is 0 Å². The van der Waals surface area contributed by atoms with Crippen LogP contribution in [0.3, 0.4) is 0 Å². The summed E-state index contributed by atoms with van der Waals surface area (Å²) in [6.45, 7) is 2.12. The van der Waals surface area contributed by atoms with Gasteiger partial charge in [-0.3, -0.25) is 0 Å². The highest BCUT2D eigenvalue weighted by molar-refractivity contribution is 7.80. The summed E-state index contributed by atoms with van der Waals surface area (Å²) in [5.74, 6) is 0. The van der Waals surface area contributed by atoms with E-state index in [-0.39, 0.29) is 0 Å². The lowest BCUT2D eigenvalue weighted by molar-refractivity contribution is 1.14. The molecule has 0 saturated heterocycles. The standard InChI is InChI=1S/C15H15ClN2S/c1-2-11-7-3-5-9-13(11)17-15(19)18-14-10-6-4-8-12(14)16/h3-10H,2H2,1H3,(H2,17,18,19). The number of anilines is 2. The molecule has 0 saturated carbocycles. The lowest BCUT2D eigenvalue weighted by Gasteiger charge is -2.14. The van der Waals surface area contributed by atoms with Crippen LogP contribution in [0.2, 0.25) is 5.02 Å². The smallest absolute Gasteiger partial charge is 0.175 e. The molecule has 0 aromatic heterocycles. The first-order valence-electron chi connectivity index (χ1n) is 6.11. The second-order valence-corrected chi connectivity index (χ2v) is 4.89. The lowest BCUT2D eigenvalue weighted by Crippen LogP contribution is -2.20. The van der Waals surface area contributed by atoms with Crippen molar-refractivity contribution in [3.05, 3.63) is 59.1 Å². The van der Waals surface area contributed by atoms with E-state index in [1.807, 2.05) is 42.5 Å². The Bertz CT molecular complexity index is 584. The van der Waals surface area contributed by atoms with Crippen molar-refractivity contribution in [3.8, 4) is 0 Å². The molecular weight excluding hydrogens is 276 g/mol. The van der Waals surface area contributed by atoms with Crippen molar-refractivity contribution < 1.29 is 0 Å². The average Bonchev–Trinajstić information content (AvgIpc) is 2.42. The maximum absolute atomic E-state index is 6.08. The molecule has 2 aromatic rings. The largest absolute Gasteiger partial charge is 0.332 e.